The molecule has 1 aromatic rings. The number of rotatable bonds is 2. The van der Waals surface area contributed by atoms with Crippen molar-refractivity contribution in [3.05, 3.63) is 30.1 Å². The first-order valence-corrected chi connectivity index (χ1v) is 11.4. The Kier molecular flexibility index (Phi) is 5.39. The fourth-order valence-electron chi connectivity index (χ4n) is 6.12. The van der Waals surface area contributed by atoms with Crippen molar-refractivity contribution in [3.8, 4) is 0 Å². The lowest BCUT2D eigenvalue weighted by Gasteiger charge is -2.54. The van der Waals surface area contributed by atoms with Gasteiger partial charge in [0.2, 0.25) is 5.91 Å². The Balaban J connectivity index is 1.15. The van der Waals surface area contributed by atoms with E-state index in [-0.39, 0.29) is 11.8 Å². The maximum Gasteiger partial charge on any atom is 0.321 e. The molecule has 30 heavy (non-hydrogen) atoms. The predicted octanol–water partition coefficient (Wildman–Crippen LogP) is 3.15. The van der Waals surface area contributed by atoms with Gasteiger partial charge in [-0.25, -0.2) is 9.18 Å². The van der Waals surface area contributed by atoms with Crippen LogP contribution in [0.3, 0.4) is 0 Å². The van der Waals surface area contributed by atoms with Crippen molar-refractivity contribution >= 4 is 17.6 Å². The summed E-state index contributed by atoms with van der Waals surface area (Å²) in [6, 6.07) is 6.76. The number of carbonyl (C=O) groups excluding carboxylic acids is 2. The van der Waals surface area contributed by atoms with Crippen LogP contribution in [0.2, 0.25) is 0 Å². The fourth-order valence-corrected chi connectivity index (χ4v) is 6.12. The minimum Gasteiger partial charge on any atom is -0.339 e. The third-order valence-corrected chi connectivity index (χ3v) is 7.57. The molecule has 1 aromatic carbocycles. The lowest BCUT2D eigenvalue weighted by Crippen LogP contribution is -2.62. The number of hydrogen-bond donors (Lipinski definition) is 1. The second-order valence-electron chi connectivity index (χ2n) is 9.48. The van der Waals surface area contributed by atoms with E-state index < -0.39 is 0 Å². The summed E-state index contributed by atoms with van der Waals surface area (Å²) in [6.45, 7) is 4.61. The highest BCUT2D eigenvalue weighted by atomic mass is 19.1. The monoisotopic (exact) mass is 414 g/mol. The van der Waals surface area contributed by atoms with Gasteiger partial charge in [0.25, 0.3) is 0 Å². The van der Waals surface area contributed by atoms with Gasteiger partial charge < -0.3 is 15.1 Å². The van der Waals surface area contributed by atoms with Gasteiger partial charge in [-0.1, -0.05) is 0 Å². The lowest BCUT2D eigenvalue weighted by atomic mass is 9.75. The average molecular weight is 415 g/mol. The van der Waals surface area contributed by atoms with E-state index in [4.69, 9.17) is 0 Å². The third-order valence-electron chi connectivity index (χ3n) is 7.57. The molecule has 3 atom stereocenters. The molecular weight excluding hydrogens is 383 g/mol. The van der Waals surface area contributed by atoms with E-state index in [1.165, 1.54) is 25.0 Å². The summed E-state index contributed by atoms with van der Waals surface area (Å²) in [4.78, 5) is 31.6. The number of halogens is 1. The molecule has 0 radical (unpaired) electrons. The number of nitrogens with zero attached hydrogens (tertiary/aromatic N) is 3. The van der Waals surface area contributed by atoms with Crippen LogP contribution in [0.4, 0.5) is 14.9 Å². The standard InChI is InChI=1S/C23H31FN4O2/c24-18-4-6-19(7-5-18)25-23(30)26-10-8-20(9-11-26)27-13-16-12-17(15-27)21-2-1-3-22(29)28(21)14-16/h4-7,16-17,20-21H,1-3,8-15H2,(H,25,30)/t16-,17-,21-/m1/s1. The second kappa shape index (κ2) is 8.17. The third kappa shape index (κ3) is 3.92. The number of nitrogens with one attached hydrogen (secondary N) is 1. The summed E-state index contributed by atoms with van der Waals surface area (Å²) in [5.41, 5.74) is 0.624. The van der Waals surface area contributed by atoms with Crippen LogP contribution in [0.1, 0.15) is 38.5 Å². The van der Waals surface area contributed by atoms with Gasteiger partial charge in [0, 0.05) is 56.9 Å². The highest BCUT2D eigenvalue weighted by Crippen LogP contribution is 2.39. The van der Waals surface area contributed by atoms with Crippen molar-refractivity contribution < 1.29 is 14.0 Å². The quantitative estimate of drug-likeness (QED) is 0.809. The van der Waals surface area contributed by atoms with Crippen LogP contribution in [0, 0.1) is 17.7 Å². The molecule has 3 amide bonds. The Morgan fingerprint density at radius 3 is 2.57 bits per heavy atom. The number of piperidine rings is 4. The number of fused-ring (bicyclic) bond motifs is 4. The molecule has 7 heteroatoms. The van der Waals surface area contributed by atoms with E-state index in [0.29, 0.717) is 35.5 Å². The molecule has 0 spiro atoms. The molecule has 0 aromatic heterocycles. The molecular formula is C23H31FN4O2. The van der Waals surface area contributed by atoms with E-state index in [2.05, 4.69) is 15.1 Å². The zero-order chi connectivity index (χ0) is 20.7. The summed E-state index contributed by atoms with van der Waals surface area (Å²) in [7, 11) is 0. The van der Waals surface area contributed by atoms with Crippen molar-refractivity contribution in [1.82, 2.24) is 14.7 Å². The molecule has 0 aliphatic carbocycles. The molecule has 162 valence electrons. The largest absolute Gasteiger partial charge is 0.339 e. The van der Waals surface area contributed by atoms with Gasteiger partial charge in [0.1, 0.15) is 5.82 Å². The van der Waals surface area contributed by atoms with Crippen molar-refractivity contribution in [1.29, 1.82) is 0 Å². The Labute approximate surface area is 177 Å². The first-order valence-electron chi connectivity index (χ1n) is 11.4. The number of anilines is 1. The van der Waals surface area contributed by atoms with Crippen molar-refractivity contribution in [3.63, 3.8) is 0 Å². The Morgan fingerprint density at radius 1 is 1.03 bits per heavy atom. The number of benzene rings is 1. The maximum absolute atomic E-state index is 13.0. The molecule has 4 saturated heterocycles. The van der Waals surface area contributed by atoms with Gasteiger partial charge in [-0.05, 0) is 68.2 Å². The number of urea groups is 1. The van der Waals surface area contributed by atoms with Crippen LogP contribution < -0.4 is 5.32 Å². The van der Waals surface area contributed by atoms with Gasteiger partial charge in [-0.2, -0.15) is 0 Å². The van der Waals surface area contributed by atoms with Crippen LogP contribution in [0.5, 0.6) is 0 Å². The van der Waals surface area contributed by atoms with Crippen LogP contribution in [0.25, 0.3) is 0 Å². The first kappa shape index (κ1) is 19.8. The fraction of sp³-hybridized carbons (Fsp3) is 0.652. The Hall–Kier alpha value is -2.15. The van der Waals surface area contributed by atoms with Crippen LogP contribution in [-0.2, 0) is 4.79 Å². The normalized spacial score (nSPS) is 30.2. The molecule has 2 bridgehead atoms. The zero-order valence-electron chi connectivity index (χ0n) is 17.4. The first-order chi connectivity index (χ1) is 14.6. The van der Waals surface area contributed by atoms with Crippen LogP contribution in [0.15, 0.2) is 24.3 Å². The molecule has 4 heterocycles. The second-order valence-corrected chi connectivity index (χ2v) is 9.48. The highest BCUT2D eigenvalue weighted by molar-refractivity contribution is 5.89. The molecule has 5 rings (SSSR count). The molecule has 6 nitrogen and oxygen atoms in total. The van der Waals surface area contributed by atoms with Crippen LogP contribution >= 0.6 is 0 Å². The summed E-state index contributed by atoms with van der Waals surface area (Å²) < 4.78 is 13.0. The smallest absolute Gasteiger partial charge is 0.321 e. The van der Waals surface area contributed by atoms with Gasteiger partial charge in [0.05, 0.1) is 0 Å². The van der Waals surface area contributed by atoms with Gasteiger partial charge in [0.15, 0.2) is 0 Å². The number of carbonyl (C=O) groups is 2. The summed E-state index contributed by atoms with van der Waals surface area (Å²) in [6.07, 6.45) is 6.19. The number of amides is 3. The zero-order valence-corrected chi connectivity index (χ0v) is 17.4. The topological polar surface area (TPSA) is 55.9 Å². The Bertz CT molecular complexity index is 793. The van der Waals surface area contributed by atoms with E-state index in [1.807, 2.05) is 4.90 Å². The van der Waals surface area contributed by atoms with Crippen molar-refractivity contribution in [2.45, 2.75) is 50.6 Å². The van der Waals surface area contributed by atoms with Gasteiger partial charge in [-0.3, -0.25) is 9.69 Å². The van der Waals surface area contributed by atoms with E-state index in [1.54, 1.807) is 12.1 Å². The van der Waals surface area contributed by atoms with Gasteiger partial charge in [-0.15, -0.1) is 0 Å². The highest BCUT2D eigenvalue weighted by Gasteiger charge is 2.45. The molecule has 4 fully saturated rings. The minimum atomic E-state index is -0.305. The number of hydrogen-bond acceptors (Lipinski definition) is 3. The predicted molar refractivity (Wildman–Crippen MR) is 113 cm³/mol. The van der Waals surface area contributed by atoms with Crippen LogP contribution in [-0.4, -0.2) is 71.4 Å². The average Bonchev–Trinajstić information content (AvgIpc) is 2.76. The molecule has 0 saturated carbocycles. The lowest BCUT2D eigenvalue weighted by molar-refractivity contribution is -0.145. The van der Waals surface area contributed by atoms with Gasteiger partial charge >= 0.3 is 6.03 Å². The maximum atomic E-state index is 13.0. The Morgan fingerprint density at radius 2 is 1.80 bits per heavy atom. The molecule has 4 aliphatic rings. The van der Waals surface area contributed by atoms with E-state index in [0.717, 1.165) is 58.4 Å². The summed E-state index contributed by atoms with van der Waals surface area (Å²) in [5.74, 6) is 1.28. The summed E-state index contributed by atoms with van der Waals surface area (Å²) in [5, 5.41) is 2.87. The number of likely N-dealkylation sites (tertiary alicyclic amines) is 2. The van der Waals surface area contributed by atoms with E-state index >= 15 is 0 Å². The molecule has 4 aliphatic heterocycles. The van der Waals surface area contributed by atoms with Crippen molar-refractivity contribution in [2.75, 3.05) is 38.0 Å². The minimum absolute atomic E-state index is 0.105. The van der Waals surface area contributed by atoms with E-state index in [9.17, 15) is 14.0 Å². The molecule has 1 N–H and O–H groups in total. The molecule has 0 unspecified atom stereocenters. The van der Waals surface area contributed by atoms with Crippen molar-refractivity contribution in [2.24, 2.45) is 11.8 Å². The SMILES string of the molecule is O=C(Nc1ccc(F)cc1)N1CCC(N2C[C@H]3C[C@H](C2)[C@H]2CCCC(=O)N2C3)CC1. The summed E-state index contributed by atoms with van der Waals surface area (Å²) >= 11 is 0.